The molecule has 1 atom stereocenters. The van der Waals surface area contributed by atoms with Crippen molar-refractivity contribution in [3.8, 4) is 17.1 Å². The van der Waals surface area contributed by atoms with E-state index in [1.54, 1.807) is 0 Å². The van der Waals surface area contributed by atoms with E-state index in [0.29, 0.717) is 6.61 Å². The summed E-state index contributed by atoms with van der Waals surface area (Å²) in [7, 11) is 0. The van der Waals surface area contributed by atoms with Crippen LogP contribution in [0.5, 0.6) is 5.75 Å². The van der Waals surface area contributed by atoms with Gasteiger partial charge >= 0.3 is 0 Å². The van der Waals surface area contributed by atoms with Gasteiger partial charge in [-0.15, -0.1) is 0 Å². The maximum atomic E-state index is 9.94. The number of imidazole rings is 1. The van der Waals surface area contributed by atoms with Crippen LogP contribution in [0.1, 0.15) is 11.1 Å². The molecule has 0 amide bonds. The predicted octanol–water partition coefficient (Wildman–Crippen LogP) is 4.13. The molecule has 5 rings (SSSR count). The van der Waals surface area contributed by atoms with Gasteiger partial charge in [0, 0.05) is 6.20 Å². The number of nitrogens with one attached hydrogen (secondary N) is 1. The third-order valence-corrected chi connectivity index (χ3v) is 5.29. The number of hydrogen-bond acceptors (Lipinski definition) is 5. The van der Waals surface area contributed by atoms with Gasteiger partial charge in [0.2, 0.25) is 0 Å². The third kappa shape index (κ3) is 3.02. The minimum absolute atomic E-state index is 0.0247. The van der Waals surface area contributed by atoms with Gasteiger partial charge in [0.15, 0.2) is 5.75 Å². The highest BCUT2D eigenvalue weighted by molar-refractivity contribution is 5.85. The van der Waals surface area contributed by atoms with Crippen LogP contribution in [-0.2, 0) is 0 Å². The Balaban J connectivity index is 1.65. The molecule has 1 aliphatic heterocycles. The van der Waals surface area contributed by atoms with Crippen LogP contribution < -0.4 is 9.64 Å². The molecule has 2 aromatic heterocycles. The minimum Gasteiger partial charge on any atom is -0.488 e. The van der Waals surface area contributed by atoms with Crippen molar-refractivity contribution >= 4 is 22.5 Å². The first kappa shape index (κ1) is 17.7. The fourth-order valence-corrected chi connectivity index (χ4v) is 3.79. The van der Waals surface area contributed by atoms with E-state index in [1.807, 2.05) is 49.5 Å². The van der Waals surface area contributed by atoms with E-state index in [2.05, 4.69) is 33.9 Å². The summed E-state index contributed by atoms with van der Waals surface area (Å²) in [5, 5.41) is 9.94. The van der Waals surface area contributed by atoms with Gasteiger partial charge in [0.25, 0.3) is 0 Å². The average molecular weight is 386 g/mol. The Morgan fingerprint density at radius 1 is 1.14 bits per heavy atom. The van der Waals surface area contributed by atoms with Crippen molar-refractivity contribution in [2.24, 2.45) is 0 Å². The zero-order chi connectivity index (χ0) is 20.0. The van der Waals surface area contributed by atoms with E-state index < -0.39 is 0 Å². The summed E-state index contributed by atoms with van der Waals surface area (Å²) in [6.07, 6.45) is 1.84. The summed E-state index contributed by atoms with van der Waals surface area (Å²) in [5.74, 6) is 2.30. The molecule has 2 N–H and O–H groups in total. The fraction of sp³-hybridized carbons (Fsp3) is 0.217. The Bertz CT molecular complexity index is 1180. The summed E-state index contributed by atoms with van der Waals surface area (Å²) >= 11 is 0. The molecule has 6 heteroatoms. The summed E-state index contributed by atoms with van der Waals surface area (Å²) < 4.78 is 6.12. The lowest BCUT2D eigenvalue weighted by Crippen LogP contribution is -2.43. The Labute approximate surface area is 168 Å². The molecule has 0 aliphatic carbocycles. The molecule has 0 radical (unpaired) electrons. The van der Waals surface area contributed by atoms with Gasteiger partial charge in [-0.05, 0) is 55.3 Å². The van der Waals surface area contributed by atoms with Gasteiger partial charge in [-0.3, -0.25) is 0 Å². The largest absolute Gasteiger partial charge is 0.488 e. The number of pyridine rings is 1. The molecule has 0 fully saturated rings. The zero-order valence-electron chi connectivity index (χ0n) is 16.4. The second-order valence-electron chi connectivity index (χ2n) is 7.47. The number of fused-ring (bicyclic) bond motifs is 2. The number of para-hydroxylation sites is 1. The number of ether oxygens (including phenoxy) is 1. The summed E-state index contributed by atoms with van der Waals surface area (Å²) in [5.41, 5.74) is 5.95. The zero-order valence-corrected chi connectivity index (χ0v) is 16.4. The van der Waals surface area contributed by atoms with Crippen LogP contribution in [0, 0.1) is 13.8 Å². The Hall–Kier alpha value is -3.38. The molecule has 0 spiro atoms. The van der Waals surface area contributed by atoms with E-state index in [4.69, 9.17) is 9.72 Å². The number of H-pyrrole nitrogens is 1. The Kier molecular flexibility index (Phi) is 4.21. The second-order valence-corrected chi connectivity index (χ2v) is 7.47. The lowest BCUT2D eigenvalue weighted by atomic mass is 10.1. The SMILES string of the molecule is Cc1ccc(N2c3cccc(-c4nc5cc(C)ccc5[nH]4)c3OCC2CO)nc1. The quantitative estimate of drug-likeness (QED) is 0.554. The number of anilines is 2. The molecule has 2 aromatic carbocycles. The lowest BCUT2D eigenvalue weighted by Gasteiger charge is -2.37. The van der Waals surface area contributed by atoms with E-state index in [1.165, 1.54) is 5.56 Å². The van der Waals surface area contributed by atoms with Crippen LogP contribution in [0.4, 0.5) is 11.5 Å². The van der Waals surface area contributed by atoms with Crippen LogP contribution in [-0.4, -0.2) is 39.3 Å². The molecule has 0 saturated carbocycles. The number of aromatic nitrogens is 3. The maximum absolute atomic E-state index is 9.94. The average Bonchev–Trinajstić information content (AvgIpc) is 3.16. The Morgan fingerprint density at radius 2 is 2.00 bits per heavy atom. The molecule has 3 heterocycles. The van der Waals surface area contributed by atoms with Crippen molar-refractivity contribution in [3.63, 3.8) is 0 Å². The number of nitrogens with zero attached hydrogens (tertiary/aromatic N) is 3. The summed E-state index contributed by atoms with van der Waals surface area (Å²) in [4.78, 5) is 14.8. The van der Waals surface area contributed by atoms with Crippen LogP contribution in [0.3, 0.4) is 0 Å². The minimum atomic E-state index is -0.203. The molecule has 1 aliphatic rings. The molecule has 146 valence electrons. The monoisotopic (exact) mass is 386 g/mol. The molecule has 0 saturated heterocycles. The first-order chi connectivity index (χ1) is 14.1. The molecular formula is C23H22N4O2. The molecule has 4 aromatic rings. The summed E-state index contributed by atoms with van der Waals surface area (Å²) in [6, 6.07) is 16.0. The van der Waals surface area contributed by atoms with Crippen LogP contribution >= 0.6 is 0 Å². The second kappa shape index (κ2) is 6.90. The number of hydrogen-bond donors (Lipinski definition) is 2. The first-order valence-electron chi connectivity index (χ1n) is 9.69. The highest BCUT2D eigenvalue weighted by Gasteiger charge is 2.31. The first-order valence-corrected chi connectivity index (χ1v) is 9.69. The fourth-order valence-electron chi connectivity index (χ4n) is 3.79. The van der Waals surface area contributed by atoms with Gasteiger partial charge in [-0.1, -0.05) is 18.2 Å². The van der Waals surface area contributed by atoms with E-state index >= 15 is 0 Å². The van der Waals surface area contributed by atoms with Gasteiger partial charge in [-0.25, -0.2) is 9.97 Å². The standard InChI is InChI=1S/C23H22N4O2/c1-14-6-8-18-19(10-14)26-23(25-18)17-4-3-5-20-22(17)29-13-16(12-28)27(20)21-9-7-15(2)11-24-21/h3-11,16,28H,12-13H2,1-2H3,(H,25,26). The number of benzene rings is 2. The molecule has 0 bridgehead atoms. The number of aliphatic hydroxyl groups excluding tert-OH is 1. The molecule has 29 heavy (non-hydrogen) atoms. The number of aryl methyl sites for hydroxylation is 2. The maximum Gasteiger partial charge on any atom is 0.154 e. The van der Waals surface area contributed by atoms with E-state index in [-0.39, 0.29) is 12.6 Å². The van der Waals surface area contributed by atoms with Crippen molar-refractivity contribution < 1.29 is 9.84 Å². The van der Waals surface area contributed by atoms with Crippen molar-refractivity contribution in [1.82, 2.24) is 15.0 Å². The number of aromatic amines is 1. The summed E-state index contributed by atoms with van der Waals surface area (Å²) in [6.45, 7) is 4.41. The smallest absolute Gasteiger partial charge is 0.154 e. The number of aliphatic hydroxyl groups is 1. The van der Waals surface area contributed by atoms with Crippen LogP contribution in [0.25, 0.3) is 22.4 Å². The predicted molar refractivity (Wildman–Crippen MR) is 114 cm³/mol. The molecular weight excluding hydrogens is 364 g/mol. The lowest BCUT2D eigenvalue weighted by molar-refractivity contribution is 0.195. The van der Waals surface area contributed by atoms with E-state index in [9.17, 15) is 5.11 Å². The van der Waals surface area contributed by atoms with Crippen LogP contribution in [0.15, 0.2) is 54.7 Å². The van der Waals surface area contributed by atoms with Gasteiger partial charge in [0.1, 0.15) is 18.2 Å². The Morgan fingerprint density at radius 3 is 2.79 bits per heavy atom. The van der Waals surface area contributed by atoms with Gasteiger partial charge < -0.3 is 19.7 Å². The number of rotatable bonds is 3. The van der Waals surface area contributed by atoms with Gasteiger partial charge in [0.05, 0.1) is 34.9 Å². The van der Waals surface area contributed by atoms with Gasteiger partial charge in [-0.2, -0.15) is 0 Å². The van der Waals surface area contributed by atoms with Crippen molar-refractivity contribution in [2.75, 3.05) is 18.1 Å². The van der Waals surface area contributed by atoms with Crippen molar-refractivity contribution in [1.29, 1.82) is 0 Å². The topological polar surface area (TPSA) is 74.3 Å². The molecule has 1 unspecified atom stereocenters. The third-order valence-electron chi connectivity index (χ3n) is 5.29. The molecule has 6 nitrogen and oxygen atoms in total. The highest BCUT2D eigenvalue weighted by atomic mass is 16.5. The highest BCUT2D eigenvalue weighted by Crippen LogP contribution is 2.44. The normalized spacial score (nSPS) is 16.0. The van der Waals surface area contributed by atoms with Crippen molar-refractivity contribution in [3.05, 3.63) is 65.9 Å². The van der Waals surface area contributed by atoms with Crippen LogP contribution in [0.2, 0.25) is 0 Å². The van der Waals surface area contributed by atoms with E-state index in [0.717, 1.165) is 45.2 Å². The van der Waals surface area contributed by atoms with Crippen molar-refractivity contribution in [2.45, 2.75) is 19.9 Å².